The lowest BCUT2D eigenvalue weighted by molar-refractivity contribution is 0.0882. The van der Waals surface area contributed by atoms with Gasteiger partial charge in [-0.05, 0) is 31.9 Å². The molecular formula is C15H23NO4. The summed E-state index contributed by atoms with van der Waals surface area (Å²) < 4.78 is 10.4. The average molecular weight is 281 g/mol. The highest BCUT2D eigenvalue weighted by Crippen LogP contribution is 2.31. The number of benzene rings is 1. The molecular weight excluding hydrogens is 258 g/mol. The molecule has 1 amide bonds. The van der Waals surface area contributed by atoms with E-state index in [1.54, 1.807) is 18.2 Å². The highest BCUT2D eigenvalue weighted by atomic mass is 16.5. The normalized spacial score (nSPS) is 13.4. The van der Waals surface area contributed by atoms with Crippen molar-refractivity contribution < 1.29 is 19.4 Å². The minimum Gasteiger partial charge on any atom is -0.493 e. The second kappa shape index (κ2) is 7.14. The van der Waals surface area contributed by atoms with Crippen molar-refractivity contribution in [3.05, 3.63) is 23.8 Å². The fourth-order valence-electron chi connectivity index (χ4n) is 1.98. The van der Waals surface area contributed by atoms with Gasteiger partial charge in [0.15, 0.2) is 11.5 Å². The number of ether oxygens (including phenoxy) is 2. The third-order valence-corrected chi connectivity index (χ3v) is 3.51. The minimum absolute atomic E-state index is 0.0276. The molecule has 1 aromatic rings. The second-order valence-electron chi connectivity index (χ2n) is 4.88. The lowest BCUT2D eigenvalue weighted by Gasteiger charge is -2.29. The van der Waals surface area contributed by atoms with Crippen molar-refractivity contribution in [2.24, 2.45) is 0 Å². The molecule has 0 aliphatic rings. The Hall–Kier alpha value is -1.75. The molecule has 112 valence electrons. The number of aliphatic hydroxyl groups is 1. The van der Waals surface area contributed by atoms with Gasteiger partial charge in [0.1, 0.15) is 0 Å². The zero-order valence-corrected chi connectivity index (χ0v) is 12.5. The number of amides is 1. The summed E-state index contributed by atoms with van der Waals surface area (Å²) >= 11 is 0. The highest BCUT2D eigenvalue weighted by molar-refractivity contribution is 5.98. The lowest BCUT2D eigenvalue weighted by atomic mass is 9.94. The van der Waals surface area contributed by atoms with Crippen molar-refractivity contribution in [1.29, 1.82) is 0 Å². The van der Waals surface area contributed by atoms with Gasteiger partial charge in [-0.15, -0.1) is 0 Å². The molecule has 0 aromatic heterocycles. The van der Waals surface area contributed by atoms with E-state index in [-0.39, 0.29) is 12.5 Å². The first-order valence-corrected chi connectivity index (χ1v) is 6.65. The van der Waals surface area contributed by atoms with Crippen LogP contribution in [0.4, 0.5) is 0 Å². The summed E-state index contributed by atoms with van der Waals surface area (Å²) in [5.41, 5.74) is -0.0237. The van der Waals surface area contributed by atoms with Crippen LogP contribution in [0.2, 0.25) is 0 Å². The molecule has 0 saturated heterocycles. The Morgan fingerprint density at radius 2 is 2.05 bits per heavy atom. The monoisotopic (exact) mass is 281 g/mol. The van der Waals surface area contributed by atoms with Crippen LogP contribution < -0.4 is 14.8 Å². The molecule has 1 atom stereocenters. The lowest BCUT2D eigenvalue weighted by Crippen LogP contribution is -2.46. The van der Waals surface area contributed by atoms with Gasteiger partial charge in [0.05, 0.1) is 19.8 Å². The molecule has 0 heterocycles. The van der Waals surface area contributed by atoms with Crippen molar-refractivity contribution in [3.63, 3.8) is 0 Å². The fourth-order valence-corrected chi connectivity index (χ4v) is 1.98. The van der Waals surface area contributed by atoms with Gasteiger partial charge < -0.3 is 19.9 Å². The number of carbonyl (C=O) groups is 1. The van der Waals surface area contributed by atoms with Gasteiger partial charge in [-0.25, -0.2) is 0 Å². The molecule has 20 heavy (non-hydrogen) atoms. The Bertz CT molecular complexity index is 461. The van der Waals surface area contributed by atoms with E-state index in [1.165, 1.54) is 14.2 Å². The molecule has 0 radical (unpaired) electrons. The number of methoxy groups -OCH3 is 2. The summed E-state index contributed by atoms with van der Waals surface area (Å²) in [6, 6.07) is 5.17. The standard InChI is InChI=1S/C15H23NO4/c1-5-15(2,9-10-17)16-14(18)11-7-6-8-12(19-3)13(11)20-4/h6-8,17H,5,9-10H2,1-4H3,(H,16,18). The molecule has 0 aliphatic carbocycles. The largest absolute Gasteiger partial charge is 0.493 e. The number of nitrogens with one attached hydrogen (secondary N) is 1. The van der Waals surface area contributed by atoms with Crippen LogP contribution in [-0.4, -0.2) is 37.4 Å². The summed E-state index contributed by atoms with van der Waals surface area (Å²) in [6.45, 7) is 3.91. The number of carbonyl (C=O) groups excluding carboxylic acids is 1. The first-order chi connectivity index (χ1) is 9.51. The minimum atomic E-state index is -0.445. The molecule has 0 bridgehead atoms. The van der Waals surface area contributed by atoms with Gasteiger partial charge in [-0.2, -0.15) is 0 Å². The molecule has 1 aromatic carbocycles. The van der Waals surface area contributed by atoms with Crippen molar-refractivity contribution in [2.75, 3.05) is 20.8 Å². The van der Waals surface area contributed by atoms with Crippen LogP contribution in [0.15, 0.2) is 18.2 Å². The zero-order chi connectivity index (χ0) is 15.2. The average Bonchev–Trinajstić information content (AvgIpc) is 2.46. The van der Waals surface area contributed by atoms with E-state index >= 15 is 0 Å². The Labute approximate surface area is 119 Å². The molecule has 5 heteroatoms. The smallest absolute Gasteiger partial charge is 0.255 e. The topological polar surface area (TPSA) is 67.8 Å². The van der Waals surface area contributed by atoms with Gasteiger partial charge in [-0.3, -0.25) is 4.79 Å². The summed E-state index contributed by atoms with van der Waals surface area (Å²) in [7, 11) is 3.03. The molecule has 5 nitrogen and oxygen atoms in total. The van der Waals surface area contributed by atoms with Crippen LogP contribution >= 0.6 is 0 Å². The van der Waals surface area contributed by atoms with Crippen LogP contribution in [0.3, 0.4) is 0 Å². The third kappa shape index (κ3) is 3.63. The van der Waals surface area contributed by atoms with E-state index in [1.807, 2.05) is 13.8 Å². The van der Waals surface area contributed by atoms with E-state index in [4.69, 9.17) is 14.6 Å². The second-order valence-corrected chi connectivity index (χ2v) is 4.88. The molecule has 0 saturated carbocycles. The summed E-state index contributed by atoms with van der Waals surface area (Å²) in [6.07, 6.45) is 1.23. The van der Waals surface area contributed by atoms with Crippen LogP contribution in [0.1, 0.15) is 37.0 Å². The van der Waals surface area contributed by atoms with E-state index in [2.05, 4.69) is 5.32 Å². The molecule has 0 spiro atoms. The van der Waals surface area contributed by atoms with Crippen LogP contribution in [0, 0.1) is 0 Å². The Kier molecular flexibility index (Phi) is 5.82. The quantitative estimate of drug-likeness (QED) is 0.802. The Balaban J connectivity index is 3.03. The molecule has 1 unspecified atom stereocenters. The maximum atomic E-state index is 12.4. The number of aliphatic hydroxyl groups excluding tert-OH is 1. The SMILES string of the molecule is CCC(C)(CCO)NC(=O)c1cccc(OC)c1OC. The number of hydrogen-bond acceptors (Lipinski definition) is 4. The third-order valence-electron chi connectivity index (χ3n) is 3.51. The number of rotatable bonds is 7. The van der Waals surface area contributed by atoms with Crippen molar-refractivity contribution in [3.8, 4) is 11.5 Å². The molecule has 0 aliphatic heterocycles. The molecule has 1 rings (SSSR count). The van der Waals surface area contributed by atoms with Crippen molar-refractivity contribution in [2.45, 2.75) is 32.2 Å². The molecule has 0 fully saturated rings. The fraction of sp³-hybridized carbons (Fsp3) is 0.533. The van der Waals surface area contributed by atoms with E-state index in [0.29, 0.717) is 23.5 Å². The van der Waals surface area contributed by atoms with Gasteiger partial charge >= 0.3 is 0 Å². The predicted molar refractivity (Wildman–Crippen MR) is 77.4 cm³/mol. The van der Waals surface area contributed by atoms with Crippen LogP contribution in [0.25, 0.3) is 0 Å². The summed E-state index contributed by atoms with van der Waals surface area (Å²) in [4.78, 5) is 12.4. The molecule has 2 N–H and O–H groups in total. The maximum Gasteiger partial charge on any atom is 0.255 e. The van der Waals surface area contributed by atoms with Crippen molar-refractivity contribution in [1.82, 2.24) is 5.32 Å². The predicted octanol–water partition coefficient (Wildman–Crippen LogP) is 1.98. The number of hydrogen-bond donors (Lipinski definition) is 2. The first-order valence-electron chi connectivity index (χ1n) is 6.65. The van der Waals surface area contributed by atoms with E-state index in [9.17, 15) is 4.79 Å². The first kappa shape index (κ1) is 16.3. The van der Waals surface area contributed by atoms with Crippen LogP contribution in [-0.2, 0) is 0 Å². The maximum absolute atomic E-state index is 12.4. The highest BCUT2D eigenvalue weighted by Gasteiger charge is 2.26. The zero-order valence-electron chi connectivity index (χ0n) is 12.5. The van der Waals surface area contributed by atoms with E-state index in [0.717, 1.165) is 6.42 Å². The Morgan fingerprint density at radius 3 is 2.55 bits per heavy atom. The Morgan fingerprint density at radius 1 is 1.35 bits per heavy atom. The summed E-state index contributed by atoms with van der Waals surface area (Å²) in [5, 5.41) is 12.1. The van der Waals surface area contributed by atoms with Crippen molar-refractivity contribution >= 4 is 5.91 Å². The van der Waals surface area contributed by atoms with Crippen LogP contribution in [0.5, 0.6) is 11.5 Å². The van der Waals surface area contributed by atoms with E-state index < -0.39 is 5.54 Å². The van der Waals surface area contributed by atoms with Gasteiger partial charge in [0.25, 0.3) is 5.91 Å². The number of para-hydroxylation sites is 1. The van der Waals surface area contributed by atoms with Gasteiger partial charge in [0, 0.05) is 12.1 Å². The van der Waals surface area contributed by atoms with Gasteiger partial charge in [-0.1, -0.05) is 13.0 Å². The summed E-state index contributed by atoms with van der Waals surface area (Å²) in [5.74, 6) is 0.689. The van der Waals surface area contributed by atoms with Gasteiger partial charge in [0.2, 0.25) is 0 Å².